The quantitative estimate of drug-likeness (QED) is 0.810. The third kappa shape index (κ3) is 3.28. The molecule has 3 nitrogen and oxygen atoms in total. The lowest BCUT2D eigenvalue weighted by Gasteiger charge is -2.31. The molecule has 0 aromatic heterocycles. The average molecular weight is 373 g/mol. The second-order valence-corrected chi connectivity index (χ2v) is 7.43. The maximum atomic E-state index is 11.5. The average Bonchev–Trinajstić information content (AvgIpc) is 2.73. The van der Waals surface area contributed by atoms with Gasteiger partial charge in [-0.2, -0.15) is 0 Å². The largest absolute Gasteiger partial charge is 0.481 e. The molecule has 104 valence electrons. The number of aliphatic carboxylic acids is 1. The summed E-state index contributed by atoms with van der Waals surface area (Å²) in [4.78, 5) is 13.8. The van der Waals surface area contributed by atoms with Crippen LogP contribution in [0.2, 0.25) is 0 Å². The lowest BCUT2D eigenvalue weighted by molar-refractivity contribution is -0.141. The Balaban J connectivity index is 2.30. The van der Waals surface area contributed by atoms with Gasteiger partial charge in [-0.3, -0.25) is 9.69 Å². The van der Waals surface area contributed by atoms with E-state index >= 15 is 0 Å². The molecule has 19 heavy (non-hydrogen) atoms. The van der Waals surface area contributed by atoms with Crippen LogP contribution in [0, 0.1) is 9.49 Å². The molecule has 0 bridgehead atoms. The van der Waals surface area contributed by atoms with E-state index in [1.54, 1.807) is 0 Å². The van der Waals surface area contributed by atoms with Crippen LogP contribution < -0.4 is 0 Å². The van der Waals surface area contributed by atoms with Gasteiger partial charge in [-0.05, 0) is 61.1 Å². The first kappa shape index (κ1) is 14.8. The van der Waals surface area contributed by atoms with Gasteiger partial charge in [0.2, 0.25) is 0 Å². The normalized spacial score (nSPS) is 24.6. The molecule has 0 amide bonds. The van der Waals surface area contributed by atoms with Crippen LogP contribution in [0.1, 0.15) is 32.3 Å². The molecule has 1 aliphatic heterocycles. The molecular weight excluding hydrogens is 353 g/mol. The molecule has 0 radical (unpaired) electrons. The lowest BCUT2D eigenvalue weighted by atomic mass is 9.89. The summed E-state index contributed by atoms with van der Waals surface area (Å²) in [5.41, 5.74) is 1.16. The Morgan fingerprint density at radius 2 is 2.05 bits per heavy atom. The number of hydrogen-bond acceptors (Lipinski definition) is 2. The molecule has 2 rings (SSSR count). The molecule has 1 saturated heterocycles. The monoisotopic (exact) mass is 373 g/mol. The second-order valence-electron chi connectivity index (χ2n) is 6.18. The van der Waals surface area contributed by atoms with Crippen LogP contribution >= 0.6 is 22.6 Å². The van der Waals surface area contributed by atoms with Gasteiger partial charge < -0.3 is 5.11 Å². The number of carboxylic acid groups (broad SMARTS) is 1. The first-order valence-electron chi connectivity index (χ1n) is 6.52. The van der Waals surface area contributed by atoms with Gasteiger partial charge in [0.05, 0.1) is 5.92 Å². The van der Waals surface area contributed by atoms with E-state index in [1.165, 1.54) is 0 Å². The van der Waals surface area contributed by atoms with E-state index in [4.69, 9.17) is 0 Å². The van der Waals surface area contributed by atoms with Crippen molar-refractivity contribution in [3.05, 3.63) is 33.4 Å². The number of benzene rings is 1. The molecule has 1 aromatic rings. The predicted octanol–water partition coefficient (Wildman–Crippen LogP) is 3.19. The Morgan fingerprint density at radius 1 is 1.37 bits per heavy atom. The van der Waals surface area contributed by atoms with E-state index in [9.17, 15) is 9.90 Å². The highest BCUT2D eigenvalue weighted by Crippen LogP contribution is 2.36. The molecule has 4 heteroatoms. The standard InChI is InChI=1S/C15H20INO2/c1-15(2,3)17-8-12(13(9-17)14(18)19)10-5-4-6-11(16)7-10/h4-7,12-13H,8-9H2,1-3H3,(H,18,19)/t12-,13+/m1/s1. The number of rotatable bonds is 2. The molecular formula is C15H20INO2. The summed E-state index contributed by atoms with van der Waals surface area (Å²) in [6.45, 7) is 7.88. The van der Waals surface area contributed by atoms with Crippen molar-refractivity contribution in [1.82, 2.24) is 4.90 Å². The van der Waals surface area contributed by atoms with Crippen molar-refractivity contribution in [2.45, 2.75) is 32.2 Å². The lowest BCUT2D eigenvalue weighted by Crippen LogP contribution is -2.40. The minimum atomic E-state index is -0.685. The third-order valence-electron chi connectivity index (χ3n) is 3.86. The van der Waals surface area contributed by atoms with Gasteiger partial charge in [0.1, 0.15) is 0 Å². The van der Waals surface area contributed by atoms with E-state index in [0.717, 1.165) is 15.7 Å². The third-order valence-corrected chi connectivity index (χ3v) is 4.53. The molecule has 1 aromatic carbocycles. The van der Waals surface area contributed by atoms with Crippen LogP contribution in [0.3, 0.4) is 0 Å². The summed E-state index contributed by atoms with van der Waals surface area (Å²) in [5.74, 6) is -0.903. The van der Waals surface area contributed by atoms with E-state index in [0.29, 0.717) is 6.54 Å². The number of hydrogen-bond donors (Lipinski definition) is 1. The van der Waals surface area contributed by atoms with Crippen LogP contribution in [-0.4, -0.2) is 34.6 Å². The van der Waals surface area contributed by atoms with Crippen molar-refractivity contribution in [3.8, 4) is 0 Å². The van der Waals surface area contributed by atoms with E-state index in [1.807, 2.05) is 12.1 Å². The van der Waals surface area contributed by atoms with E-state index < -0.39 is 5.97 Å². The fourth-order valence-electron chi connectivity index (χ4n) is 2.68. The van der Waals surface area contributed by atoms with Gasteiger partial charge in [0.25, 0.3) is 0 Å². The maximum Gasteiger partial charge on any atom is 0.308 e. The first-order chi connectivity index (χ1) is 8.79. The maximum absolute atomic E-state index is 11.5. The van der Waals surface area contributed by atoms with Crippen LogP contribution in [0.25, 0.3) is 0 Å². The molecule has 1 heterocycles. The number of halogens is 1. The summed E-state index contributed by atoms with van der Waals surface area (Å²) in [6.07, 6.45) is 0. The minimum Gasteiger partial charge on any atom is -0.481 e. The fraction of sp³-hybridized carbons (Fsp3) is 0.533. The van der Waals surface area contributed by atoms with Crippen molar-refractivity contribution in [2.75, 3.05) is 13.1 Å². The summed E-state index contributed by atoms with van der Waals surface area (Å²) >= 11 is 2.28. The van der Waals surface area contributed by atoms with Gasteiger partial charge in [0.15, 0.2) is 0 Å². The summed E-state index contributed by atoms with van der Waals surface area (Å²) < 4.78 is 1.16. The molecule has 1 fully saturated rings. The molecule has 0 saturated carbocycles. The summed E-state index contributed by atoms with van der Waals surface area (Å²) in [6, 6.07) is 8.20. The van der Waals surface area contributed by atoms with Gasteiger partial charge in [0, 0.05) is 28.1 Å². The highest BCUT2D eigenvalue weighted by Gasteiger charge is 2.41. The SMILES string of the molecule is CC(C)(C)N1C[C@H](C(=O)O)[C@@H](c2cccc(I)c2)C1. The van der Waals surface area contributed by atoms with Gasteiger partial charge in [-0.25, -0.2) is 0 Å². The highest BCUT2D eigenvalue weighted by atomic mass is 127. The molecule has 1 N–H and O–H groups in total. The number of carboxylic acids is 1. The van der Waals surface area contributed by atoms with Crippen LogP contribution in [0.5, 0.6) is 0 Å². The zero-order valence-corrected chi connectivity index (χ0v) is 13.7. The van der Waals surface area contributed by atoms with Crippen molar-refractivity contribution < 1.29 is 9.90 Å². The molecule has 0 aliphatic carbocycles. The van der Waals surface area contributed by atoms with Crippen LogP contribution in [0.15, 0.2) is 24.3 Å². The van der Waals surface area contributed by atoms with E-state index in [2.05, 4.69) is 60.4 Å². The van der Waals surface area contributed by atoms with Crippen molar-refractivity contribution in [2.24, 2.45) is 5.92 Å². The molecule has 0 spiro atoms. The Bertz CT molecular complexity index is 481. The first-order valence-corrected chi connectivity index (χ1v) is 7.60. The zero-order valence-electron chi connectivity index (χ0n) is 11.6. The number of likely N-dealkylation sites (tertiary alicyclic amines) is 1. The van der Waals surface area contributed by atoms with Gasteiger partial charge >= 0.3 is 5.97 Å². The predicted molar refractivity (Wildman–Crippen MR) is 84.4 cm³/mol. The smallest absolute Gasteiger partial charge is 0.308 e. The topological polar surface area (TPSA) is 40.5 Å². The van der Waals surface area contributed by atoms with E-state index in [-0.39, 0.29) is 17.4 Å². The van der Waals surface area contributed by atoms with Crippen LogP contribution in [0.4, 0.5) is 0 Å². The van der Waals surface area contributed by atoms with Crippen molar-refractivity contribution >= 4 is 28.6 Å². The number of carbonyl (C=O) groups is 1. The van der Waals surface area contributed by atoms with Gasteiger partial charge in [-0.15, -0.1) is 0 Å². The van der Waals surface area contributed by atoms with Crippen molar-refractivity contribution in [3.63, 3.8) is 0 Å². The van der Waals surface area contributed by atoms with Gasteiger partial charge in [-0.1, -0.05) is 12.1 Å². The number of nitrogens with zero attached hydrogens (tertiary/aromatic N) is 1. The Labute approximate surface area is 128 Å². The van der Waals surface area contributed by atoms with Crippen LogP contribution in [-0.2, 0) is 4.79 Å². The zero-order chi connectivity index (χ0) is 14.2. The Kier molecular flexibility index (Phi) is 4.20. The minimum absolute atomic E-state index is 0.0182. The molecule has 2 atom stereocenters. The Morgan fingerprint density at radius 3 is 2.58 bits per heavy atom. The molecule has 1 aliphatic rings. The highest BCUT2D eigenvalue weighted by molar-refractivity contribution is 14.1. The second kappa shape index (κ2) is 5.40. The van der Waals surface area contributed by atoms with Crippen molar-refractivity contribution in [1.29, 1.82) is 0 Å². The fourth-order valence-corrected chi connectivity index (χ4v) is 3.24. The summed E-state index contributed by atoms with van der Waals surface area (Å²) in [5, 5.41) is 9.47. The Hall–Kier alpha value is -0.620. The summed E-state index contributed by atoms with van der Waals surface area (Å²) in [7, 11) is 0. The molecule has 0 unspecified atom stereocenters.